The van der Waals surface area contributed by atoms with Gasteiger partial charge >= 0.3 is 0 Å². The summed E-state index contributed by atoms with van der Waals surface area (Å²) >= 11 is 0. The molecule has 3 atom stereocenters. The largest absolute Gasteiger partial charge is 0.355 e. The lowest BCUT2D eigenvalue weighted by molar-refractivity contribution is 0.258. The minimum atomic E-state index is -3.15. The Kier molecular flexibility index (Phi) is 9.17. The quantitative estimate of drug-likeness (QED) is 0.331. The van der Waals surface area contributed by atoms with E-state index in [0.29, 0.717) is 25.2 Å². The van der Waals surface area contributed by atoms with Crippen molar-refractivity contribution in [1.29, 1.82) is 0 Å². The van der Waals surface area contributed by atoms with Gasteiger partial charge in [0.2, 0.25) is 10.0 Å². The normalized spacial score (nSPS) is 26.3. The molecule has 0 amide bonds. The van der Waals surface area contributed by atoms with Crippen LogP contribution in [0.4, 0.5) is 0 Å². The summed E-state index contributed by atoms with van der Waals surface area (Å²) in [4.78, 5) is 6.83. The van der Waals surface area contributed by atoms with E-state index in [0.717, 1.165) is 38.3 Å². The zero-order valence-electron chi connectivity index (χ0n) is 17.5. The van der Waals surface area contributed by atoms with Gasteiger partial charge < -0.3 is 10.6 Å². The molecule has 1 aromatic carbocycles. The Labute approximate surface area is 192 Å². The Morgan fingerprint density at radius 3 is 2.66 bits per heavy atom. The molecule has 0 aliphatic carbocycles. The predicted octanol–water partition coefficient (Wildman–Crippen LogP) is 1.86. The van der Waals surface area contributed by atoms with E-state index in [1.807, 2.05) is 6.07 Å². The molecule has 29 heavy (non-hydrogen) atoms. The Morgan fingerprint density at radius 2 is 2.00 bits per heavy atom. The number of benzene rings is 1. The van der Waals surface area contributed by atoms with E-state index in [1.165, 1.54) is 11.8 Å². The molecular weight excluding hydrogens is 501 g/mol. The first-order valence-corrected chi connectivity index (χ1v) is 11.9. The van der Waals surface area contributed by atoms with Gasteiger partial charge in [0, 0.05) is 51.4 Å². The third-order valence-electron chi connectivity index (χ3n) is 5.75. The van der Waals surface area contributed by atoms with Gasteiger partial charge in [0.25, 0.3) is 0 Å². The maximum Gasteiger partial charge on any atom is 0.211 e. The van der Waals surface area contributed by atoms with Gasteiger partial charge in [-0.15, -0.1) is 24.0 Å². The van der Waals surface area contributed by atoms with Gasteiger partial charge in [-0.25, -0.2) is 8.42 Å². The number of guanidine groups is 1. The van der Waals surface area contributed by atoms with Crippen LogP contribution >= 0.6 is 24.0 Å². The zero-order chi connectivity index (χ0) is 20.1. The van der Waals surface area contributed by atoms with Gasteiger partial charge in [0.1, 0.15) is 0 Å². The average Bonchev–Trinajstić information content (AvgIpc) is 3.26. The molecule has 0 bridgehead atoms. The van der Waals surface area contributed by atoms with Crippen LogP contribution in [0.2, 0.25) is 0 Å². The average molecular weight is 535 g/mol. The van der Waals surface area contributed by atoms with E-state index in [2.05, 4.69) is 51.7 Å². The fourth-order valence-electron chi connectivity index (χ4n) is 4.29. The van der Waals surface area contributed by atoms with Gasteiger partial charge in [0.15, 0.2) is 5.96 Å². The van der Waals surface area contributed by atoms with E-state index in [1.54, 1.807) is 11.4 Å². The molecule has 0 spiro atoms. The fraction of sp³-hybridized carbons (Fsp3) is 0.650. The summed E-state index contributed by atoms with van der Waals surface area (Å²) < 4.78 is 25.4. The molecule has 2 fully saturated rings. The van der Waals surface area contributed by atoms with Crippen LogP contribution in [-0.2, 0) is 16.6 Å². The van der Waals surface area contributed by atoms with Crippen LogP contribution in [0, 0.1) is 0 Å². The Balaban J connectivity index is 0.00000300. The summed E-state index contributed by atoms with van der Waals surface area (Å²) in [5.41, 5.74) is 1.33. The summed E-state index contributed by atoms with van der Waals surface area (Å²) in [6, 6.07) is 11.4. The molecule has 2 saturated heterocycles. The van der Waals surface area contributed by atoms with Gasteiger partial charge in [-0.2, -0.15) is 4.31 Å². The number of rotatable bonds is 6. The lowest BCUT2D eigenvalue weighted by atomic mass is 10.2. The van der Waals surface area contributed by atoms with Crippen molar-refractivity contribution in [3.8, 4) is 0 Å². The second-order valence-electron chi connectivity index (χ2n) is 7.96. The van der Waals surface area contributed by atoms with E-state index >= 15 is 0 Å². The summed E-state index contributed by atoms with van der Waals surface area (Å²) in [6.45, 7) is 5.39. The second-order valence-corrected chi connectivity index (χ2v) is 9.90. The minimum Gasteiger partial charge on any atom is -0.355 e. The maximum atomic E-state index is 11.9. The fourth-order valence-corrected chi connectivity index (χ4v) is 5.48. The highest BCUT2D eigenvalue weighted by Crippen LogP contribution is 2.21. The Bertz CT molecular complexity index is 774. The zero-order valence-corrected chi connectivity index (χ0v) is 20.7. The lowest BCUT2D eigenvalue weighted by Crippen LogP contribution is -2.49. The molecular formula is C20H34IN5O2S. The molecule has 0 aromatic heterocycles. The van der Waals surface area contributed by atoms with Crippen molar-refractivity contribution in [2.75, 3.05) is 32.9 Å². The standard InChI is InChI=1S/C20H33N5O2S.HI/c1-16-12-18(15-24(16)14-17-8-5-4-6-9-17)23-20(21-2)22-13-19-10-7-11-25(19)28(3,26)27;/h4-6,8-9,16,18-19H,7,10-15H2,1-3H3,(H2,21,22,23);1H/t16?,18?,19-;/m1./s1. The monoisotopic (exact) mass is 535 g/mol. The number of nitrogens with zero attached hydrogens (tertiary/aromatic N) is 3. The molecule has 9 heteroatoms. The molecule has 2 aliphatic heterocycles. The van der Waals surface area contributed by atoms with Crippen molar-refractivity contribution in [2.45, 2.75) is 50.9 Å². The number of likely N-dealkylation sites (tertiary alicyclic amines) is 1. The van der Waals surface area contributed by atoms with E-state index in [4.69, 9.17) is 0 Å². The topological polar surface area (TPSA) is 77.0 Å². The molecule has 0 radical (unpaired) electrons. The third-order valence-corrected chi connectivity index (χ3v) is 7.08. The van der Waals surface area contributed by atoms with Gasteiger partial charge in [0.05, 0.1) is 6.26 Å². The molecule has 0 saturated carbocycles. The van der Waals surface area contributed by atoms with E-state index < -0.39 is 10.0 Å². The highest BCUT2D eigenvalue weighted by Gasteiger charge is 2.32. The van der Waals surface area contributed by atoms with Crippen molar-refractivity contribution in [3.05, 3.63) is 35.9 Å². The van der Waals surface area contributed by atoms with Crippen molar-refractivity contribution in [1.82, 2.24) is 19.8 Å². The first-order valence-electron chi connectivity index (χ1n) is 10.1. The summed E-state index contributed by atoms with van der Waals surface area (Å²) in [6.07, 6.45) is 4.16. The van der Waals surface area contributed by atoms with Gasteiger partial charge in [-0.3, -0.25) is 9.89 Å². The van der Waals surface area contributed by atoms with Crippen LogP contribution < -0.4 is 10.6 Å². The summed E-state index contributed by atoms with van der Waals surface area (Å²) in [5.74, 6) is 0.749. The molecule has 3 rings (SSSR count). The molecule has 2 unspecified atom stereocenters. The molecule has 2 aliphatic rings. The number of aliphatic imine (C=N–C) groups is 1. The van der Waals surface area contributed by atoms with Crippen LogP contribution in [0.3, 0.4) is 0 Å². The number of sulfonamides is 1. The number of hydrogen-bond acceptors (Lipinski definition) is 4. The van der Waals surface area contributed by atoms with Crippen LogP contribution in [0.5, 0.6) is 0 Å². The molecule has 7 nitrogen and oxygen atoms in total. The van der Waals surface area contributed by atoms with Crippen molar-refractivity contribution >= 4 is 40.0 Å². The van der Waals surface area contributed by atoms with Crippen molar-refractivity contribution in [3.63, 3.8) is 0 Å². The van der Waals surface area contributed by atoms with Crippen molar-refractivity contribution in [2.24, 2.45) is 4.99 Å². The minimum absolute atomic E-state index is 0. The van der Waals surface area contributed by atoms with Crippen LogP contribution in [-0.4, -0.2) is 74.6 Å². The Morgan fingerprint density at radius 1 is 1.28 bits per heavy atom. The highest BCUT2D eigenvalue weighted by molar-refractivity contribution is 14.0. The number of hydrogen-bond donors (Lipinski definition) is 2. The third kappa shape index (κ3) is 6.80. The lowest BCUT2D eigenvalue weighted by Gasteiger charge is -2.24. The van der Waals surface area contributed by atoms with Gasteiger partial charge in [-0.05, 0) is 31.7 Å². The van der Waals surface area contributed by atoms with Crippen LogP contribution in [0.1, 0.15) is 31.7 Å². The van der Waals surface area contributed by atoms with Crippen LogP contribution in [0.25, 0.3) is 0 Å². The Hall–Kier alpha value is -0.910. The SMILES string of the molecule is CN=C(NC[C@H]1CCCN1S(C)(=O)=O)NC1CC(C)N(Cc2ccccc2)C1.I. The molecule has 2 heterocycles. The van der Waals surface area contributed by atoms with Gasteiger partial charge in [-0.1, -0.05) is 30.3 Å². The second kappa shape index (κ2) is 10.9. The van der Waals surface area contributed by atoms with E-state index in [-0.39, 0.29) is 30.0 Å². The van der Waals surface area contributed by atoms with E-state index in [9.17, 15) is 8.42 Å². The predicted molar refractivity (Wildman–Crippen MR) is 129 cm³/mol. The maximum absolute atomic E-state index is 11.9. The first kappa shape index (κ1) is 24.4. The van der Waals surface area contributed by atoms with Crippen LogP contribution in [0.15, 0.2) is 35.3 Å². The van der Waals surface area contributed by atoms with Crippen molar-refractivity contribution < 1.29 is 8.42 Å². The summed E-state index contributed by atoms with van der Waals surface area (Å²) in [7, 11) is -1.38. The molecule has 2 N–H and O–H groups in total. The molecule has 1 aromatic rings. The smallest absolute Gasteiger partial charge is 0.211 e. The number of halogens is 1. The summed E-state index contributed by atoms with van der Waals surface area (Å²) in [5, 5.41) is 6.85. The number of nitrogens with one attached hydrogen (secondary N) is 2. The molecule has 164 valence electrons. The highest BCUT2D eigenvalue weighted by atomic mass is 127. The first-order chi connectivity index (χ1) is 13.4.